The molecule has 154 valence electrons. The fourth-order valence-electron chi connectivity index (χ4n) is 3.47. The Labute approximate surface area is 179 Å². The second-order valence-electron chi connectivity index (χ2n) is 7.03. The van der Waals surface area contributed by atoms with E-state index in [1.54, 1.807) is 36.4 Å². The van der Waals surface area contributed by atoms with Gasteiger partial charge in [-0.15, -0.1) is 0 Å². The molecule has 0 aliphatic rings. The molecule has 0 fully saturated rings. The third-order valence-electron chi connectivity index (χ3n) is 4.91. The summed E-state index contributed by atoms with van der Waals surface area (Å²) in [4.78, 5) is 15.5. The molecular weight excluding hydrogens is 390 g/mol. The third-order valence-corrected chi connectivity index (χ3v) is 4.91. The zero-order chi connectivity index (χ0) is 21.8. The number of phenols is 1. The first-order chi connectivity index (χ1) is 15.0. The van der Waals surface area contributed by atoms with Crippen molar-refractivity contribution < 1.29 is 19.7 Å². The average Bonchev–Trinajstić information content (AvgIpc) is 2.78. The fourth-order valence-corrected chi connectivity index (χ4v) is 3.47. The second kappa shape index (κ2) is 8.71. The number of phenolic OH excluding ortho intramolecular Hbond substituents is 1. The topological polar surface area (TPSA) is 79.7 Å². The SMILES string of the molecule is CCc1nc2cc(O)ccc2c(Oc2ccc(C=CC(=O)O)cc2)c1-c1ccccc1. The van der Waals surface area contributed by atoms with Crippen molar-refractivity contribution in [3.63, 3.8) is 0 Å². The number of aromatic nitrogens is 1. The Bertz CT molecular complexity index is 1260. The van der Waals surface area contributed by atoms with Gasteiger partial charge in [0.1, 0.15) is 17.2 Å². The Morgan fingerprint density at radius 2 is 1.77 bits per heavy atom. The highest BCUT2D eigenvalue weighted by atomic mass is 16.5. The van der Waals surface area contributed by atoms with E-state index < -0.39 is 5.97 Å². The molecule has 4 aromatic rings. The van der Waals surface area contributed by atoms with Gasteiger partial charge in [-0.1, -0.05) is 49.4 Å². The minimum atomic E-state index is -0.994. The Balaban J connectivity index is 1.86. The second-order valence-corrected chi connectivity index (χ2v) is 7.03. The number of hydrogen-bond donors (Lipinski definition) is 2. The van der Waals surface area contributed by atoms with Gasteiger partial charge in [0.05, 0.1) is 11.2 Å². The molecule has 0 saturated carbocycles. The summed E-state index contributed by atoms with van der Waals surface area (Å²) in [7, 11) is 0. The number of benzene rings is 3. The van der Waals surface area contributed by atoms with Crippen molar-refractivity contribution in [1.82, 2.24) is 4.98 Å². The minimum absolute atomic E-state index is 0.148. The number of rotatable bonds is 6. The lowest BCUT2D eigenvalue weighted by Gasteiger charge is -2.18. The molecule has 1 heterocycles. The van der Waals surface area contributed by atoms with Crippen molar-refractivity contribution in [2.75, 3.05) is 0 Å². The van der Waals surface area contributed by atoms with Crippen LogP contribution >= 0.6 is 0 Å². The molecule has 0 bridgehead atoms. The molecular formula is C26H21NO4. The number of hydrogen-bond acceptors (Lipinski definition) is 4. The smallest absolute Gasteiger partial charge is 0.328 e. The number of carbonyl (C=O) groups is 1. The van der Waals surface area contributed by atoms with Crippen LogP contribution in [0.3, 0.4) is 0 Å². The lowest BCUT2D eigenvalue weighted by Crippen LogP contribution is -1.99. The van der Waals surface area contributed by atoms with E-state index >= 15 is 0 Å². The van der Waals surface area contributed by atoms with Crippen molar-refractivity contribution in [2.45, 2.75) is 13.3 Å². The van der Waals surface area contributed by atoms with E-state index in [9.17, 15) is 9.90 Å². The number of carboxylic acids is 1. The molecule has 1 aromatic heterocycles. The Morgan fingerprint density at radius 1 is 1.03 bits per heavy atom. The van der Waals surface area contributed by atoms with Gasteiger partial charge in [0, 0.05) is 23.1 Å². The summed E-state index contributed by atoms with van der Waals surface area (Å²) in [6, 6.07) is 22.2. The molecule has 3 aromatic carbocycles. The third kappa shape index (κ3) is 4.41. The van der Waals surface area contributed by atoms with Crippen LogP contribution in [0.2, 0.25) is 0 Å². The molecule has 4 rings (SSSR count). The zero-order valence-corrected chi connectivity index (χ0v) is 16.9. The predicted octanol–water partition coefficient (Wildman–Crippen LogP) is 6.06. The Hall–Kier alpha value is -4.12. The lowest BCUT2D eigenvalue weighted by molar-refractivity contribution is -0.131. The molecule has 0 amide bonds. The van der Waals surface area contributed by atoms with Gasteiger partial charge >= 0.3 is 5.97 Å². The standard InChI is InChI=1S/C26H21NO4/c1-2-22-25(18-6-4-3-5-7-18)26(21-14-11-19(28)16-23(21)27-22)31-20-12-8-17(9-13-20)10-15-24(29)30/h3-16,28H,2H2,1H3,(H,29,30). The van der Waals surface area contributed by atoms with Crippen LogP contribution in [0.5, 0.6) is 17.2 Å². The van der Waals surface area contributed by atoms with E-state index in [0.29, 0.717) is 23.4 Å². The summed E-state index contributed by atoms with van der Waals surface area (Å²) in [6.45, 7) is 2.04. The summed E-state index contributed by atoms with van der Waals surface area (Å²) < 4.78 is 6.38. The van der Waals surface area contributed by atoms with Gasteiger partial charge < -0.3 is 14.9 Å². The van der Waals surface area contributed by atoms with Crippen molar-refractivity contribution in [3.05, 3.63) is 90.1 Å². The summed E-state index contributed by atoms with van der Waals surface area (Å²) >= 11 is 0. The van der Waals surface area contributed by atoms with E-state index in [1.807, 2.05) is 43.3 Å². The van der Waals surface area contributed by atoms with Crippen LogP contribution in [0, 0.1) is 0 Å². The first kappa shape index (κ1) is 20.2. The summed E-state index contributed by atoms with van der Waals surface area (Å²) in [5.41, 5.74) is 4.21. The van der Waals surface area contributed by atoms with E-state index in [2.05, 4.69) is 0 Å². The van der Waals surface area contributed by atoms with Crippen LogP contribution in [-0.2, 0) is 11.2 Å². The number of aryl methyl sites for hydroxylation is 1. The van der Waals surface area contributed by atoms with Gasteiger partial charge in [-0.3, -0.25) is 4.98 Å². The molecule has 31 heavy (non-hydrogen) atoms. The minimum Gasteiger partial charge on any atom is -0.508 e. The van der Waals surface area contributed by atoms with Crippen LogP contribution in [-0.4, -0.2) is 21.2 Å². The van der Waals surface area contributed by atoms with Crippen LogP contribution in [0.15, 0.2) is 78.9 Å². The van der Waals surface area contributed by atoms with Crippen molar-refractivity contribution in [2.24, 2.45) is 0 Å². The zero-order valence-electron chi connectivity index (χ0n) is 16.9. The van der Waals surface area contributed by atoms with Crippen LogP contribution < -0.4 is 4.74 Å². The maximum Gasteiger partial charge on any atom is 0.328 e. The monoisotopic (exact) mass is 411 g/mol. The van der Waals surface area contributed by atoms with Crippen molar-refractivity contribution >= 4 is 22.9 Å². The van der Waals surface area contributed by atoms with E-state index in [0.717, 1.165) is 33.8 Å². The molecule has 5 heteroatoms. The van der Waals surface area contributed by atoms with Crippen LogP contribution in [0.25, 0.3) is 28.1 Å². The molecule has 0 atom stereocenters. The van der Waals surface area contributed by atoms with E-state index in [-0.39, 0.29) is 5.75 Å². The van der Waals surface area contributed by atoms with Crippen molar-refractivity contribution in [1.29, 1.82) is 0 Å². The summed E-state index contributed by atoms with van der Waals surface area (Å²) in [6.07, 6.45) is 3.33. The highest BCUT2D eigenvalue weighted by Gasteiger charge is 2.18. The Kier molecular flexibility index (Phi) is 5.67. The molecule has 0 radical (unpaired) electrons. The number of fused-ring (bicyclic) bond motifs is 1. The van der Waals surface area contributed by atoms with E-state index in [1.165, 1.54) is 6.08 Å². The highest BCUT2D eigenvalue weighted by molar-refractivity contribution is 5.94. The summed E-state index contributed by atoms with van der Waals surface area (Å²) in [5.74, 6) is 0.440. The molecule has 0 spiro atoms. The van der Waals surface area contributed by atoms with Gasteiger partial charge in [0.15, 0.2) is 0 Å². The van der Waals surface area contributed by atoms with Gasteiger partial charge in [-0.2, -0.15) is 0 Å². The molecule has 5 nitrogen and oxygen atoms in total. The highest BCUT2D eigenvalue weighted by Crippen LogP contribution is 2.41. The number of aliphatic carboxylic acids is 1. The van der Waals surface area contributed by atoms with E-state index in [4.69, 9.17) is 14.8 Å². The Morgan fingerprint density at radius 3 is 2.45 bits per heavy atom. The van der Waals surface area contributed by atoms with Gasteiger partial charge in [0.2, 0.25) is 0 Å². The van der Waals surface area contributed by atoms with Crippen LogP contribution in [0.4, 0.5) is 0 Å². The van der Waals surface area contributed by atoms with Gasteiger partial charge in [0.25, 0.3) is 0 Å². The quantitative estimate of drug-likeness (QED) is 0.377. The summed E-state index contributed by atoms with van der Waals surface area (Å²) in [5, 5.41) is 19.5. The number of carboxylic acid groups (broad SMARTS) is 1. The number of ether oxygens (including phenoxy) is 1. The molecule has 0 aliphatic heterocycles. The largest absolute Gasteiger partial charge is 0.508 e. The molecule has 2 N–H and O–H groups in total. The number of nitrogens with zero attached hydrogens (tertiary/aromatic N) is 1. The van der Waals surface area contributed by atoms with Gasteiger partial charge in [-0.05, 0) is 47.9 Å². The average molecular weight is 411 g/mol. The molecule has 0 aliphatic carbocycles. The maximum absolute atomic E-state index is 10.7. The first-order valence-electron chi connectivity index (χ1n) is 9.95. The molecule has 0 saturated heterocycles. The van der Waals surface area contributed by atoms with Crippen LogP contribution in [0.1, 0.15) is 18.2 Å². The van der Waals surface area contributed by atoms with Gasteiger partial charge in [-0.25, -0.2) is 4.79 Å². The van der Waals surface area contributed by atoms with Crippen molar-refractivity contribution in [3.8, 4) is 28.4 Å². The normalized spacial score (nSPS) is 11.1. The number of aromatic hydroxyl groups is 1. The lowest BCUT2D eigenvalue weighted by atomic mass is 9.98. The number of pyridine rings is 1. The fraction of sp³-hybridized carbons (Fsp3) is 0.0769. The maximum atomic E-state index is 10.7. The predicted molar refractivity (Wildman–Crippen MR) is 121 cm³/mol. The first-order valence-corrected chi connectivity index (χ1v) is 9.95. The molecule has 0 unspecified atom stereocenters.